The van der Waals surface area contributed by atoms with Crippen molar-refractivity contribution in [3.63, 3.8) is 0 Å². The number of hydrogen-bond acceptors (Lipinski definition) is 7. The van der Waals surface area contributed by atoms with Gasteiger partial charge in [-0.1, -0.05) is 11.8 Å². The van der Waals surface area contributed by atoms with Crippen LogP contribution >= 0.6 is 11.8 Å². The number of thioether (sulfide) groups is 1. The number of carbonyl (C=O) groups is 2. The number of nitrogens with two attached hydrogens (primary N) is 1. The van der Waals surface area contributed by atoms with Crippen LogP contribution in [0.1, 0.15) is 19.8 Å². The Balaban J connectivity index is 2.22. The molecule has 1 aromatic rings. The molecular weight excluding hydrogens is 296 g/mol. The van der Waals surface area contributed by atoms with Gasteiger partial charge in [0.2, 0.25) is 5.91 Å². The number of aromatic nitrogens is 2. The minimum absolute atomic E-state index is 0.103. The van der Waals surface area contributed by atoms with Crippen LogP contribution in [0.25, 0.3) is 0 Å². The van der Waals surface area contributed by atoms with E-state index in [0.717, 1.165) is 11.8 Å². The highest BCUT2D eigenvalue weighted by molar-refractivity contribution is 7.99. The summed E-state index contributed by atoms with van der Waals surface area (Å²) in [6.45, 7) is 2.48. The molecule has 1 amide bonds. The van der Waals surface area contributed by atoms with Crippen molar-refractivity contribution in [1.82, 2.24) is 15.3 Å². The average Bonchev–Trinajstić information content (AvgIpc) is 2.41. The lowest BCUT2D eigenvalue weighted by molar-refractivity contribution is -0.143. The van der Waals surface area contributed by atoms with E-state index in [4.69, 9.17) is 10.5 Å². The third-order valence-electron chi connectivity index (χ3n) is 2.26. The maximum atomic E-state index is 11.6. The van der Waals surface area contributed by atoms with Gasteiger partial charge in [0.05, 0.1) is 12.4 Å². The number of esters is 1. The molecule has 1 heterocycles. The molecule has 0 saturated heterocycles. The number of H-pyrrole nitrogens is 1. The maximum absolute atomic E-state index is 11.6. The Labute approximate surface area is 125 Å². The van der Waals surface area contributed by atoms with Gasteiger partial charge in [0, 0.05) is 19.0 Å². The first-order valence-electron chi connectivity index (χ1n) is 6.43. The van der Waals surface area contributed by atoms with Gasteiger partial charge in [0.1, 0.15) is 5.82 Å². The molecule has 21 heavy (non-hydrogen) atoms. The van der Waals surface area contributed by atoms with E-state index in [0.29, 0.717) is 24.7 Å². The Bertz CT molecular complexity index is 546. The van der Waals surface area contributed by atoms with Gasteiger partial charge in [-0.25, -0.2) is 4.98 Å². The lowest BCUT2D eigenvalue weighted by Gasteiger charge is -2.05. The average molecular weight is 314 g/mol. The van der Waals surface area contributed by atoms with Gasteiger partial charge in [-0.3, -0.25) is 14.4 Å². The molecule has 116 valence electrons. The van der Waals surface area contributed by atoms with Crippen molar-refractivity contribution in [3.05, 3.63) is 16.4 Å². The number of anilines is 1. The molecule has 4 N–H and O–H groups in total. The van der Waals surface area contributed by atoms with Crippen LogP contribution in [0.15, 0.2) is 16.0 Å². The first-order valence-corrected chi connectivity index (χ1v) is 7.41. The molecule has 1 rings (SSSR count). The first kappa shape index (κ1) is 17.0. The highest BCUT2D eigenvalue weighted by Gasteiger charge is 2.06. The Hall–Kier alpha value is -2.03. The summed E-state index contributed by atoms with van der Waals surface area (Å²) in [4.78, 5) is 40.1. The molecule has 0 aliphatic rings. The highest BCUT2D eigenvalue weighted by atomic mass is 32.2. The number of carbonyl (C=O) groups excluding carboxylic acids is 2. The highest BCUT2D eigenvalue weighted by Crippen LogP contribution is 2.10. The minimum Gasteiger partial charge on any atom is -0.466 e. The van der Waals surface area contributed by atoms with Crippen LogP contribution in [0.3, 0.4) is 0 Å². The molecule has 0 fully saturated rings. The van der Waals surface area contributed by atoms with Crippen LogP contribution < -0.4 is 16.6 Å². The smallest absolute Gasteiger partial charge is 0.305 e. The van der Waals surface area contributed by atoms with E-state index >= 15 is 0 Å². The van der Waals surface area contributed by atoms with Crippen molar-refractivity contribution < 1.29 is 14.3 Å². The van der Waals surface area contributed by atoms with E-state index in [2.05, 4.69) is 15.3 Å². The molecule has 0 aromatic carbocycles. The van der Waals surface area contributed by atoms with Gasteiger partial charge >= 0.3 is 5.97 Å². The van der Waals surface area contributed by atoms with Crippen molar-refractivity contribution in [2.45, 2.75) is 24.9 Å². The molecule has 0 unspecified atom stereocenters. The summed E-state index contributed by atoms with van der Waals surface area (Å²) in [6, 6.07) is 1.17. The zero-order valence-electron chi connectivity index (χ0n) is 11.7. The summed E-state index contributed by atoms with van der Waals surface area (Å²) in [7, 11) is 0. The van der Waals surface area contributed by atoms with E-state index in [-0.39, 0.29) is 35.4 Å². The second kappa shape index (κ2) is 9.01. The number of nitrogens with one attached hydrogen (secondary N) is 2. The summed E-state index contributed by atoms with van der Waals surface area (Å²) in [5.41, 5.74) is 5.07. The Morgan fingerprint density at radius 1 is 1.52 bits per heavy atom. The van der Waals surface area contributed by atoms with Crippen LogP contribution in [0.2, 0.25) is 0 Å². The summed E-state index contributed by atoms with van der Waals surface area (Å²) in [5, 5.41) is 2.95. The molecule has 8 nitrogen and oxygen atoms in total. The van der Waals surface area contributed by atoms with Gasteiger partial charge in [0.25, 0.3) is 5.56 Å². The number of nitrogens with zero attached hydrogens (tertiary/aromatic N) is 1. The van der Waals surface area contributed by atoms with Crippen LogP contribution in [0.5, 0.6) is 0 Å². The fourth-order valence-electron chi connectivity index (χ4n) is 1.40. The lowest BCUT2D eigenvalue weighted by atomic mass is 10.3. The van der Waals surface area contributed by atoms with E-state index in [1.165, 1.54) is 6.07 Å². The fourth-order valence-corrected chi connectivity index (χ4v) is 2.11. The zero-order valence-corrected chi connectivity index (χ0v) is 12.5. The van der Waals surface area contributed by atoms with Crippen LogP contribution in [-0.2, 0) is 14.3 Å². The normalized spacial score (nSPS) is 10.1. The predicted molar refractivity (Wildman–Crippen MR) is 78.9 cm³/mol. The van der Waals surface area contributed by atoms with Crippen molar-refractivity contribution in [1.29, 1.82) is 0 Å². The predicted octanol–water partition coefficient (Wildman–Crippen LogP) is -0.0963. The molecule has 0 spiro atoms. The Morgan fingerprint density at radius 3 is 2.95 bits per heavy atom. The van der Waals surface area contributed by atoms with Gasteiger partial charge < -0.3 is 20.8 Å². The van der Waals surface area contributed by atoms with E-state index < -0.39 is 0 Å². The number of ether oxygens (including phenoxy) is 1. The van der Waals surface area contributed by atoms with Crippen molar-refractivity contribution >= 4 is 29.5 Å². The number of aromatic amines is 1. The second-order valence-corrected chi connectivity index (χ2v) is 4.99. The van der Waals surface area contributed by atoms with E-state index in [9.17, 15) is 14.4 Å². The number of nitrogen functional groups attached to an aromatic ring is 1. The Morgan fingerprint density at radius 2 is 2.29 bits per heavy atom. The lowest BCUT2D eigenvalue weighted by Crippen LogP contribution is -2.27. The van der Waals surface area contributed by atoms with Crippen molar-refractivity contribution in [2.75, 3.05) is 24.6 Å². The quantitative estimate of drug-likeness (QED) is 0.265. The summed E-state index contributed by atoms with van der Waals surface area (Å²) >= 11 is 1.08. The van der Waals surface area contributed by atoms with Gasteiger partial charge in [-0.2, -0.15) is 0 Å². The summed E-state index contributed by atoms with van der Waals surface area (Å²) in [6.07, 6.45) is 0.786. The van der Waals surface area contributed by atoms with Gasteiger partial charge in [-0.05, 0) is 13.3 Å². The van der Waals surface area contributed by atoms with Crippen LogP contribution in [0.4, 0.5) is 5.82 Å². The third-order valence-corrected chi connectivity index (χ3v) is 3.14. The third kappa shape index (κ3) is 7.35. The molecule has 0 atom stereocenters. The molecule has 1 aromatic heterocycles. The molecule has 0 radical (unpaired) electrons. The van der Waals surface area contributed by atoms with Crippen LogP contribution in [0, 0.1) is 0 Å². The molecular formula is C12H18N4O4S. The summed E-state index contributed by atoms with van der Waals surface area (Å²) < 4.78 is 4.77. The monoisotopic (exact) mass is 314 g/mol. The molecule has 0 bridgehead atoms. The van der Waals surface area contributed by atoms with E-state index in [1.54, 1.807) is 6.92 Å². The fraction of sp³-hybridized carbons (Fsp3) is 0.500. The number of hydrogen-bond donors (Lipinski definition) is 3. The molecule has 9 heteroatoms. The molecule has 0 aliphatic heterocycles. The second-order valence-electron chi connectivity index (χ2n) is 4.02. The topological polar surface area (TPSA) is 127 Å². The standard InChI is InChI=1S/C12H18N4O4S/c1-2-20-11(19)4-3-5-14-10(18)7-21-12-15-8(13)6-9(17)16-12/h6H,2-5,7H2,1H3,(H,14,18)(H3,13,15,16,17). The minimum atomic E-state index is -0.361. The van der Waals surface area contributed by atoms with Crippen molar-refractivity contribution in [2.24, 2.45) is 0 Å². The van der Waals surface area contributed by atoms with E-state index in [1.807, 2.05) is 0 Å². The SMILES string of the molecule is CCOC(=O)CCCNC(=O)CSc1nc(N)cc(=O)[nH]1. The number of amides is 1. The van der Waals surface area contributed by atoms with Crippen molar-refractivity contribution in [3.8, 4) is 0 Å². The first-order chi connectivity index (χ1) is 10.0. The van der Waals surface area contributed by atoms with Gasteiger partial charge in [-0.15, -0.1) is 0 Å². The van der Waals surface area contributed by atoms with Gasteiger partial charge in [0.15, 0.2) is 5.16 Å². The maximum Gasteiger partial charge on any atom is 0.305 e. The molecule has 0 aliphatic carbocycles. The largest absolute Gasteiger partial charge is 0.466 e. The molecule has 0 saturated carbocycles. The number of rotatable bonds is 8. The Kier molecular flexibility index (Phi) is 7.30. The van der Waals surface area contributed by atoms with Crippen LogP contribution in [-0.4, -0.2) is 40.7 Å². The zero-order chi connectivity index (χ0) is 15.7. The summed E-state index contributed by atoms with van der Waals surface area (Å²) in [5.74, 6) is -0.279.